The van der Waals surface area contributed by atoms with Crippen LogP contribution in [0.4, 0.5) is 10.5 Å². The number of nitrogens with one attached hydrogen (secondary N) is 3. The average Bonchev–Trinajstić information content (AvgIpc) is 3.62. The van der Waals surface area contributed by atoms with E-state index in [9.17, 15) is 23.1 Å². The number of aromatic nitrogens is 3. The molecule has 0 aliphatic carbocycles. The highest BCUT2D eigenvalue weighted by Gasteiger charge is 2.21. The number of aromatic amines is 1. The number of carbonyl (C=O) groups excluding carboxylic acids is 1. The van der Waals surface area contributed by atoms with Crippen LogP contribution in [0.1, 0.15) is 36.0 Å². The smallest absolute Gasteiger partial charge is 0.407 e. The Morgan fingerprint density at radius 3 is 2.59 bits per heavy atom. The molecule has 0 spiro atoms. The highest BCUT2D eigenvalue weighted by atomic mass is 32.2. The van der Waals surface area contributed by atoms with Crippen LogP contribution >= 0.6 is 11.3 Å². The molecule has 14 heteroatoms. The number of carboxylic acids is 1. The van der Waals surface area contributed by atoms with E-state index in [2.05, 4.69) is 25.0 Å². The van der Waals surface area contributed by atoms with E-state index in [0.29, 0.717) is 23.4 Å². The van der Waals surface area contributed by atoms with E-state index in [1.807, 2.05) is 24.3 Å². The predicted octanol–water partition coefficient (Wildman–Crippen LogP) is 5.89. The molecule has 0 saturated carbocycles. The molecule has 1 amide bonds. The Labute approximate surface area is 257 Å². The summed E-state index contributed by atoms with van der Waals surface area (Å²) in [5, 5.41) is 12.9. The van der Waals surface area contributed by atoms with Crippen molar-refractivity contribution in [2.45, 2.75) is 37.8 Å². The van der Waals surface area contributed by atoms with Crippen molar-refractivity contribution < 1.29 is 32.6 Å². The summed E-state index contributed by atoms with van der Waals surface area (Å²) < 4.78 is 39.4. The van der Waals surface area contributed by atoms with Crippen LogP contribution in [0.15, 0.2) is 71.9 Å². The monoisotopic (exact) mass is 635 g/mol. The molecule has 4 aromatic heterocycles. The van der Waals surface area contributed by atoms with Crippen molar-refractivity contribution in [2.75, 3.05) is 11.8 Å². The van der Waals surface area contributed by atoms with Gasteiger partial charge in [0.2, 0.25) is 5.88 Å². The first-order valence-electron chi connectivity index (χ1n) is 13.3. The van der Waals surface area contributed by atoms with E-state index in [1.165, 1.54) is 42.8 Å². The molecule has 5 aromatic rings. The Morgan fingerprint density at radius 2 is 1.86 bits per heavy atom. The summed E-state index contributed by atoms with van der Waals surface area (Å²) in [5.41, 5.74) is 2.04. The second-order valence-corrected chi connectivity index (χ2v) is 13.5. The van der Waals surface area contributed by atoms with Crippen LogP contribution in [0.25, 0.3) is 32.7 Å². The summed E-state index contributed by atoms with van der Waals surface area (Å²) in [6.45, 7) is 5.74. The van der Waals surface area contributed by atoms with Crippen molar-refractivity contribution in [3.63, 3.8) is 0 Å². The lowest BCUT2D eigenvalue weighted by atomic mass is 10.1. The zero-order valence-electron chi connectivity index (χ0n) is 24.2. The summed E-state index contributed by atoms with van der Waals surface area (Å²) in [5.74, 6) is -1.21. The molecule has 44 heavy (non-hydrogen) atoms. The number of H-pyrrole nitrogens is 1. The van der Waals surface area contributed by atoms with Crippen LogP contribution in [-0.4, -0.2) is 53.2 Å². The van der Waals surface area contributed by atoms with Gasteiger partial charge in [-0.3, -0.25) is 4.72 Å². The standard InChI is InChI=1S/C30H29N5O7S2/c1-30(2,3)42-29(38)33-16-19-8-9-25(43-19)21-10-11-31-26-22(21)14-23(34-26)18-13-24(27(41-4)32-15-18)35-44(39,40)20-7-5-6-17(12-20)28(36)37/h5-15,35H,16H2,1-4H3,(H,31,34)(H,33,38)(H,36,37). The molecule has 1 aromatic carbocycles. The van der Waals surface area contributed by atoms with Crippen LogP contribution in [0.3, 0.4) is 0 Å². The molecule has 0 bridgehead atoms. The van der Waals surface area contributed by atoms with Crippen molar-refractivity contribution >= 4 is 50.1 Å². The molecular weight excluding hydrogens is 606 g/mol. The summed E-state index contributed by atoms with van der Waals surface area (Å²) >= 11 is 1.53. The van der Waals surface area contributed by atoms with Gasteiger partial charge in [0.25, 0.3) is 10.0 Å². The molecule has 0 saturated heterocycles. The van der Waals surface area contributed by atoms with Crippen LogP contribution in [0, 0.1) is 0 Å². The number of alkyl carbamates (subject to hydrolysis) is 1. The third kappa shape index (κ3) is 6.82. The average molecular weight is 636 g/mol. The summed E-state index contributed by atoms with van der Waals surface area (Å²) in [7, 11) is -2.81. The molecule has 0 radical (unpaired) electrons. The molecule has 228 valence electrons. The Hall–Kier alpha value is -4.95. The largest absolute Gasteiger partial charge is 0.480 e. The number of sulfonamides is 1. The molecule has 0 fully saturated rings. The zero-order chi connectivity index (χ0) is 31.6. The Kier molecular flexibility index (Phi) is 8.30. The highest BCUT2D eigenvalue weighted by Crippen LogP contribution is 2.36. The third-order valence-corrected chi connectivity index (χ3v) is 8.74. The van der Waals surface area contributed by atoms with Gasteiger partial charge < -0.3 is 24.9 Å². The third-order valence-electron chi connectivity index (χ3n) is 6.26. The van der Waals surface area contributed by atoms with Gasteiger partial charge in [-0.1, -0.05) is 6.07 Å². The van der Waals surface area contributed by atoms with E-state index in [1.54, 1.807) is 33.0 Å². The van der Waals surface area contributed by atoms with Gasteiger partial charge in [-0.2, -0.15) is 0 Å². The lowest BCUT2D eigenvalue weighted by molar-refractivity contribution is 0.0523. The van der Waals surface area contributed by atoms with Gasteiger partial charge >= 0.3 is 12.1 Å². The highest BCUT2D eigenvalue weighted by molar-refractivity contribution is 7.92. The minimum atomic E-state index is -4.17. The van der Waals surface area contributed by atoms with Crippen LogP contribution < -0.4 is 14.8 Å². The number of thiophene rings is 1. The summed E-state index contributed by atoms with van der Waals surface area (Å²) in [6, 6.07) is 14.3. The van der Waals surface area contributed by atoms with Gasteiger partial charge in [-0.15, -0.1) is 11.3 Å². The van der Waals surface area contributed by atoms with Gasteiger partial charge in [-0.25, -0.2) is 28.0 Å². The number of methoxy groups -OCH3 is 1. The first-order valence-corrected chi connectivity index (χ1v) is 15.6. The number of hydrogen-bond acceptors (Lipinski definition) is 9. The summed E-state index contributed by atoms with van der Waals surface area (Å²) in [6.07, 6.45) is 2.74. The van der Waals surface area contributed by atoms with Gasteiger partial charge in [0.15, 0.2) is 0 Å². The van der Waals surface area contributed by atoms with Gasteiger partial charge in [0.1, 0.15) is 16.9 Å². The minimum absolute atomic E-state index is 0.0349. The summed E-state index contributed by atoms with van der Waals surface area (Å²) in [4.78, 5) is 37.1. The molecule has 0 aliphatic heterocycles. The Morgan fingerprint density at radius 1 is 1.07 bits per heavy atom. The zero-order valence-corrected chi connectivity index (χ0v) is 25.8. The maximum absolute atomic E-state index is 13.1. The minimum Gasteiger partial charge on any atom is -0.480 e. The van der Waals surface area contributed by atoms with Gasteiger partial charge in [-0.05, 0) is 69.3 Å². The fourth-order valence-electron chi connectivity index (χ4n) is 4.32. The second-order valence-electron chi connectivity index (χ2n) is 10.6. The Bertz CT molecular complexity index is 1980. The fraction of sp³-hybridized carbons (Fsp3) is 0.200. The molecule has 0 aliphatic rings. The number of carbonyl (C=O) groups is 2. The quantitative estimate of drug-likeness (QED) is 0.154. The van der Waals surface area contributed by atoms with E-state index >= 15 is 0 Å². The van der Waals surface area contributed by atoms with Crippen molar-refractivity contribution in [2.24, 2.45) is 0 Å². The number of nitrogens with zero attached hydrogens (tertiary/aromatic N) is 2. The van der Waals surface area contributed by atoms with Crippen molar-refractivity contribution in [3.05, 3.63) is 77.4 Å². The topological polar surface area (TPSA) is 173 Å². The number of aromatic carboxylic acids is 1. The maximum atomic E-state index is 13.1. The van der Waals surface area contributed by atoms with E-state index in [4.69, 9.17) is 9.47 Å². The van der Waals surface area contributed by atoms with Crippen molar-refractivity contribution in [3.8, 4) is 27.6 Å². The first kappa shape index (κ1) is 30.5. The van der Waals surface area contributed by atoms with Crippen LogP contribution in [0.2, 0.25) is 0 Å². The number of amides is 1. The first-order chi connectivity index (χ1) is 20.8. The molecule has 0 unspecified atom stereocenters. The van der Waals surface area contributed by atoms with E-state index < -0.39 is 27.7 Å². The lowest BCUT2D eigenvalue weighted by Crippen LogP contribution is -2.31. The number of ether oxygens (including phenoxy) is 2. The van der Waals surface area contributed by atoms with Crippen LogP contribution in [0.5, 0.6) is 5.88 Å². The number of hydrogen-bond donors (Lipinski definition) is 4. The predicted molar refractivity (Wildman–Crippen MR) is 166 cm³/mol. The molecule has 5 rings (SSSR count). The normalized spacial score (nSPS) is 11.7. The number of pyridine rings is 2. The van der Waals surface area contributed by atoms with Gasteiger partial charge in [0.05, 0.1) is 24.1 Å². The number of fused-ring (bicyclic) bond motifs is 1. The fourth-order valence-corrected chi connectivity index (χ4v) is 6.40. The van der Waals surface area contributed by atoms with Gasteiger partial charge in [0, 0.05) is 44.4 Å². The Balaban J connectivity index is 1.42. The van der Waals surface area contributed by atoms with Crippen LogP contribution in [-0.2, 0) is 21.3 Å². The lowest BCUT2D eigenvalue weighted by Gasteiger charge is -2.19. The molecule has 4 N–H and O–H groups in total. The molecule has 4 heterocycles. The number of rotatable bonds is 9. The molecular formula is C30H29N5O7S2. The number of carboxylic acid groups (broad SMARTS) is 1. The number of benzene rings is 1. The number of anilines is 1. The molecule has 12 nitrogen and oxygen atoms in total. The second kappa shape index (κ2) is 12.0. The maximum Gasteiger partial charge on any atom is 0.407 e. The van der Waals surface area contributed by atoms with E-state index in [-0.39, 0.29) is 22.0 Å². The SMILES string of the molecule is COc1ncc(-c2cc3c(-c4ccc(CNC(=O)OC(C)(C)C)s4)ccnc3[nH]2)cc1NS(=O)(=O)c1cccc(C(=O)O)c1. The van der Waals surface area contributed by atoms with Crippen molar-refractivity contribution in [1.29, 1.82) is 0 Å². The molecule has 0 atom stereocenters. The van der Waals surface area contributed by atoms with E-state index in [0.717, 1.165) is 26.8 Å². The van der Waals surface area contributed by atoms with Crippen molar-refractivity contribution in [1.82, 2.24) is 20.3 Å².